The van der Waals surface area contributed by atoms with Crippen LogP contribution in [0, 0.1) is 5.92 Å². The van der Waals surface area contributed by atoms with Crippen molar-refractivity contribution in [2.45, 2.75) is 25.7 Å². The van der Waals surface area contributed by atoms with Crippen molar-refractivity contribution in [3.05, 3.63) is 42.9 Å². The van der Waals surface area contributed by atoms with Gasteiger partial charge in [-0.3, -0.25) is 0 Å². The van der Waals surface area contributed by atoms with Gasteiger partial charge in [0.25, 0.3) is 0 Å². The SMILES string of the molecule is c1nc(Nc2ccc(NCC3CCCC3)cc2)c2cc[nH]c2n1. The Hall–Kier alpha value is -2.56. The van der Waals surface area contributed by atoms with E-state index >= 15 is 0 Å². The van der Waals surface area contributed by atoms with Gasteiger partial charge >= 0.3 is 0 Å². The van der Waals surface area contributed by atoms with E-state index in [-0.39, 0.29) is 0 Å². The van der Waals surface area contributed by atoms with Crippen molar-refractivity contribution in [1.29, 1.82) is 0 Å². The highest BCUT2D eigenvalue weighted by atomic mass is 15.0. The number of hydrogen-bond donors (Lipinski definition) is 3. The van der Waals surface area contributed by atoms with E-state index < -0.39 is 0 Å². The van der Waals surface area contributed by atoms with Gasteiger partial charge in [-0.25, -0.2) is 9.97 Å². The molecule has 0 aliphatic heterocycles. The van der Waals surface area contributed by atoms with E-state index in [9.17, 15) is 0 Å². The average Bonchev–Trinajstić information content (AvgIpc) is 3.26. The van der Waals surface area contributed by atoms with Crippen LogP contribution in [0.1, 0.15) is 25.7 Å². The standard InChI is InChI=1S/C18H21N5/c1-2-4-13(3-1)11-20-14-5-7-15(8-6-14)23-18-16-9-10-19-17(16)21-12-22-18/h5-10,12-13,20H,1-4,11H2,(H2,19,21,22,23). The largest absolute Gasteiger partial charge is 0.385 e. The number of fused-ring (bicyclic) bond motifs is 1. The lowest BCUT2D eigenvalue weighted by Crippen LogP contribution is -2.10. The Morgan fingerprint density at radius 2 is 1.78 bits per heavy atom. The fourth-order valence-electron chi connectivity index (χ4n) is 3.26. The summed E-state index contributed by atoms with van der Waals surface area (Å²) in [5, 5.41) is 7.90. The van der Waals surface area contributed by atoms with Gasteiger partial charge in [-0.05, 0) is 49.1 Å². The van der Waals surface area contributed by atoms with E-state index in [4.69, 9.17) is 0 Å². The Labute approximate surface area is 135 Å². The van der Waals surface area contributed by atoms with Gasteiger partial charge in [0.05, 0.1) is 5.39 Å². The molecule has 1 fully saturated rings. The Morgan fingerprint density at radius 3 is 2.61 bits per heavy atom. The summed E-state index contributed by atoms with van der Waals surface area (Å²) in [4.78, 5) is 11.6. The van der Waals surface area contributed by atoms with Crippen LogP contribution in [0.4, 0.5) is 17.2 Å². The van der Waals surface area contributed by atoms with Crippen LogP contribution in [0.5, 0.6) is 0 Å². The van der Waals surface area contributed by atoms with Crippen LogP contribution in [-0.2, 0) is 0 Å². The first kappa shape index (κ1) is 14.1. The number of H-pyrrole nitrogens is 1. The molecular weight excluding hydrogens is 286 g/mol. The molecule has 1 aromatic carbocycles. The third-order valence-electron chi connectivity index (χ3n) is 4.57. The van der Waals surface area contributed by atoms with Gasteiger partial charge in [-0.15, -0.1) is 0 Å². The Balaban J connectivity index is 1.42. The maximum Gasteiger partial charge on any atom is 0.143 e. The number of aromatic nitrogens is 3. The van der Waals surface area contributed by atoms with Gasteiger partial charge in [0.1, 0.15) is 17.8 Å². The lowest BCUT2D eigenvalue weighted by molar-refractivity contribution is 0.580. The zero-order chi connectivity index (χ0) is 15.5. The third-order valence-corrected chi connectivity index (χ3v) is 4.57. The van der Waals surface area contributed by atoms with E-state index in [0.717, 1.165) is 35.0 Å². The molecule has 5 nitrogen and oxygen atoms in total. The summed E-state index contributed by atoms with van der Waals surface area (Å²) in [6, 6.07) is 10.4. The molecule has 1 aliphatic rings. The van der Waals surface area contributed by atoms with Gasteiger partial charge in [0.2, 0.25) is 0 Å². The number of benzene rings is 1. The van der Waals surface area contributed by atoms with E-state index in [2.05, 4.69) is 49.9 Å². The minimum absolute atomic E-state index is 0.822. The van der Waals surface area contributed by atoms with Crippen molar-refractivity contribution in [2.24, 2.45) is 5.92 Å². The van der Waals surface area contributed by atoms with Crippen LogP contribution in [0.15, 0.2) is 42.9 Å². The first-order valence-electron chi connectivity index (χ1n) is 8.27. The second kappa shape index (κ2) is 6.28. The third kappa shape index (κ3) is 3.13. The predicted molar refractivity (Wildman–Crippen MR) is 94.1 cm³/mol. The molecule has 0 saturated heterocycles. The zero-order valence-electron chi connectivity index (χ0n) is 13.0. The topological polar surface area (TPSA) is 65.6 Å². The lowest BCUT2D eigenvalue weighted by Gasteiger charge is -2.12. The molecular formula is C18H21N5. The van der Waals surface area contributed by atoms with E-state index in [1.54, 1.807) is 6.33 Å². The summed E-state index contributed by atoms with van der Waals surface area (Å²) in [7, 11) is 0. The van der Waals surface area contributed by atoms with Crippen molar-refractivity contribution in [3.63, 3.8) is 0 Å². The van der Waals surface area contributed by atoms with Crippen LogP contribution >= 0.6 is 0 Å². The monoisotopic (exact) mass is 307 g/mol. The Morgan fingerprint density at radius 1 is 1.00 bits per heavy atom. The van der Waals surface area contributed by atoms with Gasteiger partial charge in [-0.2, -0.15) is 0 Å². The van der Waals surface area contributed by atoms with Gasteiger partial charge < -0.3 is 15.6 Å². The molecule has 3 N–H and O–H groups in total. The Bertz CT molecular complexity index is 771. The minimum Gasteiger partial charge on any atom is -0.385 e. The highest BCUT2D eigenvalue weighted by Crippen LogP contribution is 2.26. The molecule has 2 aromatic heterocycles. The molecule has 4 rings (SSSR count). The summed E-state index contributed by atoms with van der Waals surface area (Å²) < 4.78 is 0. The van der Waals surface area contributed by atoms with Crippen molar-refractivity contribution >= 4 is 28.2 Å². The number of nitrogens with zero attached hydrogens (tertiary/aromatic N) is 2. The first-order valence-corrected chi connectivity index (χ1v) is 8.27. The normalized spacial score (nSPS) is 15.1. The number of hydrogen-bond acceptors (Lipinski definition) is 4. The summed E-state index contributed by atoms with van der Waals surface area (Å²) in [5.41, 5.74) is 3.05. The molecule has 0 amide bonds. The maximum absolute atomic E-state index is 4.33. The predicted octanol–water partition coefficient (Wildman–Crippen LogP) is 4.30. The maximum atomic E-state index is 4.33. The molecule has 1 aliphatic carbocycles. The Kier molecular flexibility index (Phi) is 3.84. The van der Waals surface area contributed by atoms with E-state index in [1.807, 2.05) is 12.3 Å². The van der Waals surface area contributed by atoms with Crippen LogP contribution in [0.25, 0.3) is 11.0 Å². The van der Waals surface area contributed by atoms with Crippen LogP contribution in [0.3, 0.4) is 0 Å². The number of rotatable bonds is 5. The molecule has 118 valence electrons. The second-order valence-corrected chi connectivity index (χ2v) is 6.20. The van der Waals surface area contributed by atoms with Crippen LogP contribution in [-0.4, -0.2) is 21.5 Å². The fourth-order valence-corrected chi connectivity index (χ4v) is 3.26. The van der Waals surface area contributed by atoms with Crippen molar-refractivity contribution in [2.75, 3.05) is 17.2 Å². The highest BCUT2D eigenvalue weighted by molar-refractivity contribution is 5.88. The quantitative estimate of drug-likeness (QED) is 0.657. The smallest absolute Gasteiger partial charge is 0.143 e. The lowest BCUT2D eigenvalue weighted by atomic mass is 10.1. The van der Waals surface area contributed by atoms with E-state index in [0.29, 0.717) is 0 Å². The molecule has 0 unspecified atom stereocenters. The van der Waals surface area contributed by atoms with Gasteiger partial charge in [0, 0.05) is 24.1 Å². The van der Waals surface area contributed by atoms with Crippen LogP contribution < -0.4 is 10.6 Å². The molecule has 0 atom stereocenters. The minimum atomic E-state index is 0.822. The van der Waals surface area contributed by atoms with Gasteiger partial charge in [-0.1, -0.05) is 12.8 Å². The van der Waals surface area contributed by atoms with Crippen molar-refractivity contribution in [3.8, 4) is 0 Å². The molecule has 1 saturated carbocycles. The fraction of sp³-hybridized carbons (Fsp3) is 0.333. The van der Waals surface area contributed by atoms with E-state index in [1.165, 1.54) is 31.4 Å². The number of anilines is 3. The van der Waals surface area contributed by atoms with Crippen molar-refractivity contribution in [1.82, 2.24) is 15.0 Å². The second-order valence-electron chi connectivity index (χ2n) is 6.20. The summed E-state index contributed by atoms with van der Waals surface area (Å²) in [5.74, 6) is 1.67. The summed E-state index contributed by atoms with van der Waals surface area (Å²) in [6.07, 6.45) is 8.96. The molecule has 0 bridgehead atoms. The van der Waals surface area contributed by atoms with Crippen molar-refractivity contribution < 1.29 is 0 Å². The average molecular weight is 307 g/mol. The summed E-state index contributed by atoms with van der Waals surface area (Å²) >= 11 is 0. The number of nitrogens with one attached hydrogen (secondary N) is 3. The molecule has 3 aromatic rings. The molecule has 0 radical (unpaired) electrons. The highest BCUT2D eigenvalue weighted by Gasteiger charge is 2.14. The molecule has 23 heavy (non-hydrogen) atoms. The first-order chi connectivity index (χ1) is 11.4. The zero-order valence-corrected chi connectivity index (χ0v) is 13.0. The molecule has 5 heteroatoms. The van der Waals surface area contributed by atoms with Gasteiger partial charge in [0.15, 0.2) is 0 Å². The van der Waals surface area contributed by atoms with Crippen LogP contribution in [0.2, 0.25) is 0 Å². The molecule has 0 spiro atoms. The summed E-state index contributed by atoms with van der Waals surface area (Å²) in [6.45, 7) is 1.09. The molecule has 2 heterocycles. The number of aromatic amines is 1.